The number of sulfonamides is 1. The van der Waals surface area contributed by atoms with Gasteiger partial charge >= 0.3 is 0 Å². The molecule has 1 aromatic carbocycles. The van der Waals surface area contributed by atoms with E-state index in [9.17, 15) is 8.42 Å². The Bertz CT molecular complexity index is 770. The van der Waals surface area contributed by atoms with Gasteiger partial charge < -0.3 is 4.57 Å². The minimum atomic E-state index is -3.74. The Balaban J connectivity index is 2.15. The molecule has 1 aromatic heterocycles. The van der Waals surface area contributed by atoms with Gasteiger partial charge in [-0.1, -0.05) is 29.8 Å². The summed E-state index contributed by atoms with van der Waals surface area (Å²) >= 11 is 6.04. The second kappa shape index (κ2) is 4.49. The molecule has 0 radical (unpaired) electrons. The minimum Gasteiger partial charge on any atom is -0.324 e. The summed E-state index contributed by atoms with van der Waals surface area (Å²) in [4.78, 5) is 3.94. The molecule has 5 nitrogen and oxygen atoms in total. The molecule has 0 saturated heterocycles. The SMILES string of the molecule is C[C@@H]1Cc2ccccc2N1S(=O)(=O)c1ncn(C)c1Cl. The molecule has 7 heteroatoms. The predicted octanol–water partition coefficient (Wildman–Crippen LogP) is 2.21. The summed E-state index contributed by atoms with van der Waals surface area (Å²) in [5, 5.41) is 0.0341. The highest BCUT2D eigenvalue weighted by Gasteiger charge is 2.38. The number of anilines is 1. The molecule has 1 atom stereocenters. The molecular formula is C13H14ClN3O2S. The van der Waals surface area contributed by atoms with Crippen molar-refractivity contribution in [2.75, 3.05) is 4.31 Å². The Labute approximate surface area is 122 Å². The van der Waals surface area contributed by atoms with Crippen molar-refractivity contribution in [3.63, 3.8) is 0 Å². The Kier molecular flexibility index (Phi) is 3.02. The summed E-state index contributed by atoms with van der Waals surface area (Å²) in [6.07, 6.45) is 2.10. The standard InChI is InChI=1S/C13H14ClN3O2S/c1-9-7-10-5-3-4-6-11(10)17(9)20(18,19)13-12(14)16(2)8-15-13/h3-6,8-9H,7H2,1-2H3/t9-/m1/s1. The average molecular weight is 312 g/mol. The van der Waals surface area contributed by atoms with E-state index in [4.69, 9.17) is 11.6 Å². The van der Waals surface area contributed by atoms with Crippen molar-refractivity contribution < 1.29 is 8.42 Å². The van der Waals surface area contributed by atoms with Crippen molar-refractivity contribution in [3.8, 4) is 0 Å². The predicted molar refractivity (Wildman–Crippen MR) is 77.5 cm³/mol. The Hall–Kier alpha value is -1.53. The molecule has 0 spiro atoms. The van der Waals surface area contributed by atoms with Crippen LogP contribution in [0.2, 0.25) is 5.15 Å². The summed E-state index contributed by atoms with van der Waals surface area (Å²) in [6, 6.07) is 7.36. The summed E-state index contributed by atoms with van der Waals surface area (Å²) in [6.45, 7) is 1.88. The van der Waals surface area contributed by atoms with E-state index in [1.54, 1.807) is 7.05 Å². The van der Waals surface area contributed by atoms with Crippen LogP contribution in [0.5, 0.6) is 0 Å². The first-order valence-electron chi connectivity index (χ1n) is 6.22. The second-order valence-electron chi connectivity index (χ2n) is 4.93. The van der Waals surface area contributed by atoms with Crippen LogP contribution in [0.25, 0.3) is 0 Å². The molecule has 106 valence electrons. The quantitative estimate of drug-likeness (QED) is 0.854. The van der Waals surface area contributed by atoms with E-state index < -0.39 is 10.0 Å². The number of fused-ring (bicyclic) bond motifs is 1. The van der Waals surface area contributed by atoms with Crippen LogP contribution in [0.15, 0.2) is 35.6 Å². The van der Waals surface area contributed by atoms with Crippen LogP contribution in [0.1, 0.15) is 12.5 Å². The van der Waals surface area contributed by atoms with Crippen molar-refractivity contribution in [2.45, 2.75) is 24.4 Å². The van der Waals surface area contributed by atoms with E-state index in [-0.39, 0.29) is 16.2 Å². The van der Waals surface area contributed by atoms with Gasteiger partial charge in [-0.3, -0.25) is 4.31 Å². The third kappa shape index (κ3) is 1.83. The summed E-state index contributed by atoms with van der Waals surface area (Å²) in [7, 11) is -2.08. The minimum absolute atomic E-state index is 0.0924. The molecule has 0 saturated carbocycles. The van der Waals surface area contributed by atoms with Gasteiger partial charge in [0.2, 0.25) is 5.03 Å². The summed E-state index contributed by atoms with van der Waals surface area (Å²) in [5.74, 6) is 0. The van der Waals surface area contributed by atoms with Gasteiger partial charge in [0, 0.05) is 13.1 Å². The van der Waals surface area contributed by atoms with Gasteiger partial charge in [-0.05, 0) is 25.0 Å². The molecule has 2 aromatic rings. The van der Waals surface area contributed by atoms with Gasteiger partial charge in [0.15, 0.2) is 0 Å². The molecule has 0 unspecified atom stereocenters. The zero-order valence-corrected chi connectivity index (χ0v) is 12.7. The molecule has 2 heterocycles. The van der Waals surface area contributed by atoms with Crippen LogP contribution in [0, 0.1) is 0 Å². The van der Waals surface area contributed by atoms with E-state index >= 15 is 0 Å². The average Bonchev–Trinajstić information content (AvgIpc) is 2.90. The fraction of sp³-hybridized carbons (Fsp3) is 0.308. The van der Waals surface area contributed by atoms with Gasteiger partial charge in [-0.25, -0.2) is 4.98 Å². The highest BCUT2D eigenvalue weighted by Crippen LogP contribution is 2.37. The zero-order valence-electron chi connectivity index (χ0n) is 11.1. The van der Waals surface area contributed by atoms with E-state index in [2.05, 4.69) is 4.98 Å². The molecule has 0 bridgehead atoms. The first-order chi connectivity index (χ1) is 9.43. The highest BCUT2D eigenvalue weighted by atomic mass is 35.5. The fourth-order valence-corrected chi connectivity index (χ4v) is 4.66. The van der Waals surface area contributed by atoms with Gasteiger partial charge in [0.1, 0.15) is 5.15 Å². The lowest BCUT2D eigenvalue weighted by Gasteiger charge is -2.23. The third-order valence-corrected chi connectivity index (χ3v) is 5.90. The Morgan fingerprint density at radius 3 is 2.70 bits per heavy atom. The van der Waals surface area contributed by atoms with E-state index in [1.807, 2.05) is 31.2 Å². The molecular weight excluding hydrogens is 298 g/mol. The third-order valence-electron chi connectivity index (χ3n) is 3.48. The van der Waals surface area contributed by atoms with E-state index in [0.717, 1.165) is 5.56 Å². The monoisotopic (exact) mass is 311 g/mol. The van der Waals surface area contributed by atoms with E-state index in [1.165, 1.54) is 15.2 Å². The number of halogens is 1. The Morgan fingerprint density at radius 2 is 2.05 bits per heavy atom. The van der Waals surface area contributed by atoms with Gasteiger partial charge in [0.25, 0.3) is 10.0 Å². The van der Waals surface area contributed by atoms with Crippen LogP contribution >= 0.6 is 11.6 Å². The number of imidazole rings is 1. The highest BCUT2D eigenvalue weighted by molar-refractivity contribution is 7.92. The first kappa shape index (κ1) is 13.5. The fourth-order valence-electron chi connectivity index (χ4n) is 2.56. The van der Waals surface area contributed by atoms with E-state index in [0.29, 0.717) is 12.1 Å². The smallest absolute Gasteiger partial charge is 0.285 e. The van der Waals surface area contributed by atoms with Crippen molar-refractivity contribution in [1.29, 1.82) is 0 Å². The first-order valence-corrected chi connectivity index (χ1v) is 8.04. The van der Waals surface area contributed by atoms with Crippen LogP contribution in [0.4, 0.5) is 5.69 Å². The number of rotatable bonds is 2. The number of hydrogen-bond donors (Lipinski definition) is 0. The molecule has 0 aliphatic carbocycles. The number of hydrogen-bond acceptors (Lipinski definition) is 3. The van der Waals surface area contributed by atoms with Crippen molar-refractivity contribution in [1.82, 2.24) is 9.55 Å². The lowest BCUT2D eigenvalue weighted by atomic mass is 10.1. The van der Waals surface area contributed by atoms with Gasteiger partial charge in [-0.2, -0.15) is 8.42 Å². The number of benzene rings is 1. The molecule has 1 aliphatic rings. The topological polar surface area (TPSA) is 55.2 Å². The summed E-state index contributed by atoms with van der Waals surface area (Å²) < 4.78 is 28.5. The summed E-state index contributed by atoms with van der Waals surface area (Å²) in [5.41, 5.74) is 1.73. The molecule has 0 amide bonds. The normalized spacial score (nSPS) is 18.4. The van der Waals surface area contributed by atoms with Crippen molar-refractivity contribution in [3.05, 3.63) is 41.3 Å². The van der Waals surface area contributed by atoms with Gasteiger partial charge in [0.05, 0.1) is 12.0 Å². The second-order valence-corrected chi connectivity index (χ2v) is 7.02. The van der Waals surface area contributed by atoms with Crippen LogP contribution in [-0.2, 0) is 23.5 Å². The molecule has 0 fully saturated rings. The molecule has 3 rings (SSSR count). The number of nitrogens with zero attached hydrogens (tertiary/aromatic N) is 3. The largest absolute Gasteiger partial charge is 0.324 e. The maximum Gasteiger partial charge on any atom is 0.285 e. The van der Waals surface area contributed by atoms with Crippen molar-refractivity contribution in [2.24, 2.45) is 7.05 Å². The maximum absolute atomic E-state index is 12.8. The molecule has 20 heavy (non-hydrogen) atoms. The lowest BCUT2D eigenvalue weighted by molar-refractivity contribution is 0.581. The van der Waals surface area contributed by atoms with Crippen molar-refractivity contribution >= 4 is 27.3 Å². The lowest BCUT2D eigenvalue weighted by Crippen LogP contribution is -2.36. The number of para-hydroxylation sites is 1. The Morgan fingerprint density at radius 1 is 1.35 bits per heavy atom. The molecule has 0 N–H and O–H groups in total. The van der Waals surface area contributed by atoms with Crippen LogP contribution in [-0.4, -0.2) is 24.0 Å². The number of aryl methyl sites for hydroxylation is 1. The van der Waals surface area contributed by atoms with Crippen LogP contribution in [0.3, 0.4) is 0 Å². The maximum atomic E-state index is 12.8. The van der Waals surface area contributed by atoms with Gasteiger partial charge in [-0.15, -0.1) is 0 Å². The van der Waals surface area contributed by atoms with Crippen LogP contribution < -0.4 is 4.31 Å². The number of aromatic nitrogens is 2. The molecule has 1 aliphatic heterocycles. The zero-order chi connectivity index (χ0) is 14.5.